The molecule has 0 aliphatic rings. The van der Waals surface area contributed by atoms with Crippen molar-refractivity contribution in [2.45, 2.75) is 26.2 Å². The average Bonchev–Trinajstić information content (AvgIpc) is 2.29. The van der Waals surface area contributed by atoms with E-state index in [0.29, 0.717) is 36.1 Å². The number of halogens is 2. The van der Waals surface area contributed by atoms with Gasteiger partial charge < -0.3 is 4.74 Å². The zero-order valence-electron chi connectivity index (χ0n) is 9.84. The second-order valence-corrected chi connectivity index (χ2v) is 4.66. The molecule has 1 aromatic rings. The highest BCUT2D eigenvalue weighted by molar-refractivity contribution is 6.33. The minimum absolute atomic E-state index is 0.116. The summed E-state index contributed by atoms with van der Waals surface area (Å²) in [6.45, 7) is 3.21. The van der Waals surface area contributed by atoms with Crippen LogP contribution in [0.1, 0.15) is 25.3 Å². The maximum atomic E-state index is 11.7. The van der Waals surface area contributed by atoms with E-state index in [9.17, 15) is 4.79 Å². The summed E-state index contributed by atoms with van der Waals surface area (Å²) in [5.41, 5.74) is 0.777. The second-order valence-electron chi connectivity index (χ2n) is 3.81. The van der Waals surface area contributed by atoms with Gasteiger partial charge in [0.2, 0.25) is 0 Å². The van der Waals surface area contributed by atoms with Gasteiger partial charge in [0.05, 0.1) is 6.61 Å². The molecule has 0 aliphatic heterocycles. The van der Waals surface area contributed by atoms with Crippen LogP contribution in [0.2, 0.25) is 10.0 Å². The van der Waals surface area contributed by atoms with Crippen LogP contribution in [-0.4, -0.2) is 19.0 Å². The van der Waals surface area contributed by atoms with E-state index in [1.54, 1.807) is 18.2 Å². The lowest BCUT2D eigenvalue weighted by Gasteiger charge is -2.05. The molecule has 94 valence electrons. The van der Waals surface area contributed by atoms with E-state index in [-0.39, 0.29) is 5.78 Å². The van der Waals surface area contributed by atoms with E-state index >= 15 is 0 Å². The Labute approximate surface area is 112 Å². The van der Waals surface area contributed by atoms with E-state index in [4.69, 9.17) is 27.9 Å². The van der Waals surface area contributed by atoms with E-state index < -0.39 is 0 Å². The van der Waals surface area contributed by atoms with Crippen LogP contribution in [0.5, 0.6) is 0 Å². The summed E-state index contributed by atoms with van der Waals surface area (Å²) in [5, 5.41) is 1.18. The molecule has 0 amide bonds. The molecular weight excluding hydrogens is 259 g/mol. The Morgan fingerprint density at radius 3 is 2.76 bits per heavy atom. The Morgan fingerprint density at radius 1 is 1.29 bits per heavy atom. The normalized spacial score (nSPS) is 10.5. The maximum Gasteiger partial charge on any atom is 0.139 e. The lowest BCUT2D eigenvalue weighted by molar-refractivity contribution is -0.119. The van der Waals surface area contributed by atoms with Crippen LogP contribution >= 0.6 is 23.2 Å². The first kappa shape index (κ1) is 14.5. The number of ether oxygens (including phenoxy) is 1. The molecule has 0 saturated heterocycles. The highest BCUT2D eigenvalue weighted by Gasteiger charge is 2.07. The maximum absolute atomic E-state index is 11.7. The van der Waals surface area contributed by atoms with Gasteiger partial charge in [-0.2, -0.15) is 0 Å². The van der Waals surface area contributed by atoms with Gasteiger partial charge >= 0.3 is 0 Å². The first-order valence-corrected chi connectivity index (χ1v) is 6.42. The van der Waals surface area contributed by atoms with E-state index in [0.717, 1.165) is 12.0 Å². The molecule has 1 aromatic carbocycles. The van der Waals surface area contributed by atoms with Crippen molar-refractivity contribution in [2.75, 3.05) is 13.2 Å². The number of ketones is 1. The number of carbonyl (C=O) groups excluding carboxylic acids is 1. The zero-order chi connectivity index (χ0) is 12.7. The van der Waals surface area contributed by atoms with Crippen molar-refractivity contribution in [1.29, 1.82) is 0 Å². The third kappa shape index (κ3) is 5.53. The summed E-state index contributed by atoms with van der Waals surface area (Å²) in [6.07, 6.45) is 1.70. The molecule has 1 rings (SSSR count). The topological polar surface area (TPSA) is 26.3 Å². The fourth-order valence-corrected chi connectivity index (χ4v) is 1.79. The van der Waals surface area contributed by atoms with Crippen molar-refractivity contribution in [2.24, 2.45) is 0 Å². The van der Waals surface area contributed by atoms with Gasteiger partial charge in [-0.25, -0.2) is 0 Å². The van der Waals surface area contributed by atoms with E-state index in [1.165, 1.54) is 0 Å². The number of Topliss-reactive ketones (excluding diaryl/α,β-unsaturated/α-hetero) is 1. The molecule has 4 heteroatoms. The summed E-state index contributed by atoms with van der Waals surface area (Å²) < 4.78 is 5.27. The number of benzene rings is 1. The molecule has 0 unspecified atom stereocenters. The minimum atomic E-state index is 0.116. The quantitative estimate of drug-likeness (QED) is 0.705. The van der Waals surface area contributed by atoms with Gasteiger partial charge in [0.1, 0.15) is 5.78 Å². The summed E-state index contributed by atoms with van der Waals surface area (Å²) in [4.78, 5) is 11.7. The zero-order valence-corrected chi connectivity index (χ0v) is 11.4. The molecule has 0 atom stereocenters. The Bertz CT molecular complexity index is 378. The Morgan fingerprint density at radius 2 is 2.06 bits per heavy atom. The lowest BCUT2D eigenvalue weighted by Crippen LogP contribution is -2.08. The SMILES string of the molecule is CCCOCCC(=O)Cc1cc(Cl)ccc1Cl. The molecule has 0 aromatic heterocycles. The Balaban J connectivity index is 2.42. The van der Waals surface area contributed by atoms with E-state index in [1.807, 2.05) is 6.92 Å². The molecule has 0 bridgehead atoms. The fraction of sp³-hybridized carbons (Fsp3) is 0.462. The fourth-order valence-electron chi connectivity index (χ4n) is 1.41. The number of carbonyl (C=O) groups is 1. The number of hydrogen-bond acceptors (Lipinski definition) is 2. The van der Waals surface area contributed by atoms with Gasteiger partial charge in [0.15, 0.2) is 0 Å². The van der Waals surface area contributed by atoms with Crippen molar-refractivity contribution < 1.29 is 9.53 Å². The van der Waals surface area contributed by atoms with Crippen molar-refractivity contribution >= 4 is 29.0 Å². The third-order valence-electron chi connectivity index (χ3n) is 2.27. The monoisotopic (exact) mass is 274 g/mol. The van der Waals surface area contributed by atoms with Gasteiger partial charge in [-0.3, -0.25) is 4.79 Å². The molecule has 0 N–H and O–H groups in total. The first-order valence-electron chi connectivity index (χ1n) is 5.67. The molecule has 0 aliphatic carbocycles. The molecule has 0 fully saturated rings. The molecule has 17 heavy (non-hydrogen) atoms. The van der Waals surface area contributed by atoms with Crippen molar-refractivity contribution in [3.05, 3.63) is 33.8 Å². The first-order chi connectivity index (χ1) is 8.13. The van der Waals surface area contributed by atoms with Crippen LogP contribution in [-0.2, 0) is 16.0 Å². The second kappa shape index (κ2) is 7.70. The molecule has 0 radical (unpaired) electrons. The average molecular weight is 275 g/mol. The molecule has 0 spiro atoms. The van der Waals surface area contributed by atoms with Crippen LogP contribution in [0.3, 0.4) is 0 Å². The lowest BCUT2D eigenvalue weighted by atomic mass is 10.1. The highest BCUT2D eigenvalue weighted by Crippen LogP contribution is 2.21. The minimum Gasteiger partial charge on any atom is -0.381 e. The number of rotatable bonds is 7. The van der Waals surface area contributed by atoms with Crippen LogP contribution in [0.25, 0.3) is 0 Å². The summed E-state index contributed by atoms with van der Waals surface area (Å²) >= 11 is 11.8. The summed E-state index contributed by atoms with van der Waals surface area (Å²) in [5.74, 6) is 0.116. The van der Waals surface area contributed by atoms with Gasteiger partial charge in [-0.15, -0.1) is 0 Å². The van der Waals surface area contributed by atoms with Crippen molar-refractivity contribution in [3.8, 4) is 0 Å². The smallest absolute Gasteiger partial charge is 0.139 e. The standard InChI is InChI=1S/C13H16Cl2O2/c1-2-6-17-7-5-12(16)9-10-8-11(14)3-4-13(10)15/h3-4,8H,2,5-7,9H2,1H3. The third-order valence-corrected chi connectivity index (χ3v) is 2.87. The van der Waals surface area contributed by atoms with Crippen LogP contribution in [0.15, 0.2) is 18.2 Å². The van der Waals surface area contributed by atoms with E-state index in [2.05, 4.69) is 0 Å². The largest absolute Gasteiger partial charge is 0.381 e. The van der Waals surface area contributed by atoms with Crippen LogP contribution in [0, 0.1) is 0 Å². The Kier molecular flexibility index (Phi) is 6.56. The van der Waals surface area contributed by atoms with Gasteiger partial charge in [-0.05, 0) is 30.2 Å². The summed E-state index contributed by atoms with van der Waals surface area (Å²) in [6, 6.07) is 5.15. The molecular formula is C13H16Cl2O2. The van der Waals surface area contributed by atoms with Crippen molar-refractivity contribution in [1.82, 2.24) is 0 Å². The van der Waals surface area contributed by atoms with Gasteiger partial charge in [0.25, 0.3) is 0 Å². The predicted molar refractivity (Wildman–Crippen MR) is 70.9 cm³/mol. The molecule has 2 nitrogen and oxygen atoms in total. The van der Waals surface area contributed by atoms with Gasteiger partial charge in [0, 0.05) is 29.5 Å². The van der Waals surface area contributed by atoms with Crippen LogP contribution in [0.4, 0.5) is 0 Å². The molecule has 0 saturated carbocycles. The number of hydrogen-bond donors (Lipinski definition) is 0. The summed E-state index contributed by atoms with van der Waals surface area (Å²) in [7, 11) is 0. The Hall–Kier alpha value is -0.570. The van der Waals surface area contributed by atoms with Crippen molar-refractivity contribution in [3.63, 3.8) is 0 Å². The molecule has 0 heterocycles. The van der Waals surface area contributed by atoms with Gasteiger partial charge in [-0.1, -0.05) is 30.1 Å². The van der Waals surface area contributed by atoms with Crippen LogP contribution < -0.4 is 0 Å². The predicted octanol–water partition coefficient (Wildman–Crippen LogP) is 3.92. The highest BCUT2D eigenvalue weighted by atomic mass is 35.5.